The van der Waals surface area contributed by atoms with Crippen molar-refractivity contribution >= 4 is 36.5 Å². The van der Waals surface area contributed by atoms with Gasteiger partial charge in [0.05, 0.1) is 6.04 Å². The molecule has 130 valence electrons. The van der Waals surface area contributed by atoms with Gasteiger partial charge in [-0.15, -0.1) is 24.8 Å². The fraction of sp³-hybridized carbons (Fsp3) is 0.625. The Bertz CT molecular complexity index is 460. The summed E-state index contributed by atoms with van der Waals surface area (Å²) in [6, 6.07) is 6.33. The van der Waals surface area contributed by atoms with E-state index in [4.69, 9.17) is 0 Å². The Balaban J connectivity index is 0.00000132. The number of hydrogen-bond acceptors (Lipinski definition) is 4. The molecule has 0 spiro atoms. The van der Waals surface area contributed by atoms with Crippen LogP contribution in [0.4, 0.5) is 5.82 Å². The summed E-state index contributed by atoms with van der Waals surface area (Å²) in [5.74, 6) is 1.22. The molecular weight excluding hydrogens is 335 g/mol. The van der Waals surface area contributed by atoms with Gasteiger partial charge in [-0.3, -0.25) is 4.79 Å². The number of hydrogen-bond donors (Lipinski definition) is 2. The van der Waals surface area contributed by atoms with Crippen molar-refractivity contribution in [2.45, 2.75) is 44.2 Å². The van der Waals surface area contributed by atoms with Crippen molar-refractivity contribution < 1.29 is 4.79 Å². The van der Waals surface area contributed by atoms with E-state index in [1.54, 1.807) is 0 Å². The molecule has 0 unspecified atom stereocenters. The SMILES string of the molecule is Cl.Cl.O=C(NC1CCN(c2ccccn2)CC1)[C@@H]1CCCCN1. The number of amides is 1. The van der Waals surface area contributed by atoms with Gasteiger partial charge in [-0.05, 0) is 44.4 Å². The first-order valence-corrected chi connectivity index (χ1v) is 8.02. The summed E-state index contributed by atoms with van der Waals surface area (Å²) in [5.41, 5.74) is 0. The third-order valence-electron chi connectivity index (χ3n) is 4.44. The number of aromatic nitrogens is 1. The average molecular weight is 361 g/mol. The maximum Gasteiger partial charge on any atom is 0.237 e. The highest BCUT2D eigenvalue weighted by atomic mass is 35.5. The van der Waals surface area contributed by atoms with Crippen molar-refractivity contribution in [3.05, 3.63) is 24.4 Å². The maximum atomic E-state index is 12.2. The molecule has 2 aliphatic heterocycles. The highest BCUT2D eigenvalue weighted by Gasteiger charge is 2.25. The largest absolute Gasteiger partial charge is 0.356 e. The molecular formula is C16H26Cl2N4O. The average Bonchev–Trinajstić information content (AvgIpc) is 2.57. The van der Waals surface area contributed by atoms with Crippen molar-refractivity contribution in [2.75, 3.05) is 24.5 Å². The number of anilines is 1. The van der Waals surface area contributed by atoms with Gasteiger partial charge in [-0.25, -0.2) is 4.98 Å². The number of carbonyl (C=O) groups is 1. The van der Waals surface area contributed by atoms with Gasteiger partial charge in [0.15, 0.2) is 0 Å². The van der Waals surface area contributed by atoms with Crippen LogP contribution in [0.5, 0.6) is 0 Å². The van der Waals surface area contributed by atoms with Gasteiger partial charge < -0.3 is 15.5 Å². The lowest BCUT2D eigenvalue weighted by Gasteiger charge is -2.34. The second kappa shape index (κ2) is 9.96. The molecule has 0 radical (unpaired) electrons. The van der Waals surface area contributed by atoms with Gasteiger partial charge in [0.25, 0.3) is 0 Å². The molecule has 2 N–H and O–H groups in total. The quantitative estimate of drug-likeness (QED) is 0.866. The molecule has 0 aliphatic carbocycles. The smallest absolute Gasteiger partial charge is 0.237 e. The van der Waals surface area contributed by atoms with Crippen molar-refractivity contribution in [2.24, 2.45) is 0 Å². The van der Waals surface area contributed by atoms with E-state index in [0.29, 0.717) is 6.04 Å². The van der Waals surface area contributed by atoms with Crippen LogP contribution in [0.3, 0.4) is 0 Å². The van der Waals surface area contributed by atoms with E-state index < -0.39 is 0 Å². The molecule has 1 atom stereocenters. The molecule has 2 saturated heterocycles. The molecule has 3 heterocycles. The second-order valence-electron chi connectivity index (χ2n) is 5.96. The van der Waals surface area contributed by atoms with Crippen LogP contribution in [0.15, 0.2) is 24.4 Å². The van der Waals surface area contributed by atoms with Crippen LogP contribution < -0.4 is 15.5 Å². The Hall–Kier alpha value is -1.04. The van der Waals surface area contributed by atoms with E-state index in [2.05, 4.69) is 20.5 Å². The van der Waals surface area contributed by atoms with Crippen LogP contribution in [-0.4, -0.2) is 42.6 Å². The number of rotatable bonds is 3. The van der Waals surface area contributed by atoms with E-state index in [0.717, 1.165) is 51.1 Å². The first-order valence-electron chi connectivity index (χ1n) is 8.02. The Morgan fingerprint density at radius 3 is 2.57 bits per heavy atom. The van der Waals surface area contributed by atoms with Crippen molar-refractivity contribution in [3.8, 4) is 0 Å². The van der Waals surface area contributed by atoms with Gasteiger partial charge in [0.1, 0.15) is 5.82 Å². The van der Waals surface area contributed by atoms with Gasteiger partial charge in [0.2, 0.25) is 5.91 Å². The summed E-state index contributed by atoms with van der Waals surface area (Å²) in [5, 5.41) is 6.52. The first kappa shape index (κ1) is 20.0. The molecule has 0 bridgehead atoms. The Labute approximate surface area is 150 Å². The van der Waals surface area contributed by atoms with Crippen LogP contribution in [0, 0.1) is 0 Å². The molecule has 3 rings (SSSR count). The van der Waals surface area contributed by atoms with E-state index in [1.165, 1.54) is 6.42 Å². The summed E-state index contributed by atoms with van der Waals surface area (Å²) in [6.07, 6.45) is 7.13. The summed E-state index contributed by atoms with van der Waals surface area (Å²) in [4.78, 5) is 18.9. The predicted octanol–water partition coefficient (Wildman–Crippen LogP) is 2.15. The Kier molecular flexibility index (Phi) is 8.66. The molecule has 1 amide bonds. The van der Waals surface area contributed by atoms with E-state index in [-0.39, 0.29) is 36.8 Å². The molecule has 0 saturated carbocycles. The highest BCUT2D eigenvalue weighted by Crippen LogP contribution is 2.17. The lowest BCUT2D eigenvalue weighted by atomic mass is 10.0. The number of nitrogens with zero attached hydrogens (tertiary/aromatic N) is 2. The zero-order chi connectivity index (χ0) is 14.5. The number of pyridine rings is 1. The Morgan fingerprint density at radius 1 is 1.17 bits per heavy atom. The van der Waals surface area contributed by atoms with E-state index in [9.17, 15) is 4.79 Å². The molecule has 1 aromatic heterocycles. The number of piperidine rings is 2. The number of nitrogens with one attached hydrogen (secondary N) is 2. The maximum absolute atomic E-state index is 12.2. The number of halogens is 2. The molecule has 2 aliphatic rings. The third kappa shape index (κ3) is 5.52. The van der Waals surface area contributed by atoms with Gasteiger partial charge in [0, 0.05) is 25.3 Å². The van der Waals surface area contributed by atoms with E-state index >= 15 is 0 Å². The van der Waals surface area contributed by atoms with Crippen molar-refractivity contribution in [1.82, 2.24) is 15.6 Å². The monoisotopic (exact) mass is 360 g/mol. The third-order valence-corrected chi connectivity index (χ3v) is 4.44. The topological polar surface area (TPSA) is 57.3 Å². The summed E-state index contributed by atoms with van der Waals surface area (Å²) >= 11 is 0. The zero-order valence-corrected chi connectivity index (χ0v) is 14.9. The minimum atomic E-state index is 0. The second-order valence-corrected chi connectivity index (χ2v) is 5.96. The predicted molar refractivity (Wildman–Crippen MR) is 97.8 cm³/mol. The summed E-state index contributed by atoms with van der Waals surface area (Å²) in [6.45, 7) is 2.89. The fourth-order valence-corrected chi connectivity index (χ4v) is 3.17. The van der Waals surface area contributed by atoms with Crippen LogP contribution >= 0.6 is 24.8 Å². The summed E-state index contributed by atoms with van der Waals surface area (Å²) in [7, 11) is 0. The van der Waals surface area contributed by atoms with Gasteiger partial charge in [-0.1, -0.05) is 12.5 Å². The normalized spacial score (nSPS) is 21.7. The lowest BCUT2D eigenvalue weighted by Crippen LogP contribution is -2.52. The minimum Gasteiger partial charge on any atom is -0.356 e. The van der Waals surface area contributed by atoms with Crippen LogP contribution in [0.2, 0.25) is 0 Å². The molecule has 23 heavy (non-hydrogen) atoms. The highest BCUT2D eigenvalue weighted by molar-refractivity contribution is 5.85. The van der Waals surface area contributed by atoms with E-state index in [1.807, 2.05) is 24.4 Å². The molecule has 0 aromatic carbocycles. The van der Waals surface area contributed by atoms with Gasteiger partial charge >= 0.3 is 0 Å². The molecule has 1 aromatic rings. The van der Waals surface area contributed by atoms with Gasteiger partial charge in [-0.2, -0.15) is 0 Å². The minimum absolute atomic E-state index is 0. The lowest BCUT2D eigenvalue weighted by molar-refractivity contribution is -0.124. The fourth-order valence-electron chi connectivity index (χ4n) is 3.17. The molecule has 7 heteroatoms. The molecule has 2 fully saturated rings. The molecule has 5 nitrogen and oxygen atoms in total. The zero-order valence-electron chi connectivity index (χ0n) is 13.2. The van der Waals surface area contributed by atoms with Crippen molar-refractivity contribution in [1.29, 1.82) is 0 Å². The Morgan fingerprint density at radius 2 is 1.96 bits per heavy atom. The summed E-state index contributed by atoms with van der Waals surface area (Å²) < 4.78 is 0. The van der Waals surface area contributed by atoms with Crippen molar-refractivity contribution in [3.63, 3.8) is 0 Å². The first-order chi connectivity index (χ1) is 10.3. The standard InChI is InChI=1S/C16H24N4O.2ClH/c21-16(14-5-1-3-9-17-14)19-13-7-11-20(12-8-13)15-6-2-4-10-18-15;;/h2,4,6,10,13-14,17H,1,3,5,7-9,11-12H2,(H,19,21);2*1H/t14-;;/m0../s1. The number of carbonyl (C=O) groups excluding carboxylic acids is 1. The van der Waals surface area contributed by atoms with Crippen LogP contribution in [0.1, 0.15) is 32.1 Å². The van der Waals surface area contributed by atoms with Crippen LogP contribution in [-0.2, 0) is 4.79 Å². The van der Waals surface area contributed by atoms with Crippen LogP contribution in [0.25, 0.3) is 0 Å².